The molecule has 0 unspecified atom stereocenters. The number of hydrogen-bond acceptors (Lipinski definition) is 6. The standard InChI is InChI=1S/C23H26FN3O3S2/c1-16-5-10-20-22(17(16)2)25-23(31-20)27-13-11-26(12-14-27)21(28)4-3-15-32(29,30)19-8-6-18(24)7-9-19/h5-10H,3-4,11-15H2,1-2H3. The van der Waals surface area contributed by atoms with E-state index in [2.05, 4.69) is 30.9 Å². The first-order valence-electron chi connectivity index (χ1n) is 10.6. The van der Waals surface area contributed by atoms with Gasteiger partial charge in [-0.15, -0.1) is 0 Å². The molecular formula is C23H26FN3O3S2. The van der Waals surface area contributed by atoms with Crippen LogP contribution in [-0.4, -0.2) is 56.1 Å². The maximum absolute atomic E-state index is 13.0. The SMILES string of the molecule is Cc1ccc2sc(N3CCN(C(=O)CCCS(=O)(=O)c4ccc(F)cc4)CC3)nc2c1C. The number of aromatic nitrogens is 1. The summed E-state index contributed by atoms with van der Waals surface area (Å²) in [7, 11) is -3.52. The summed E-state index contributed by atoms with van der Waals surface area (Å²) >= 11 is 1.67. The van der Waals surface area contributed by atoms with Gasteiger partial charge in [-0.05, 0) is 61.7 Å². The zero-order chi connectivity index (χ0) is 22.9. The van der Waals surface area contributed by atoms with Crippen LogP contribution in [0.4, 0.5) is 9.52 Å². The lowest BCUT2D eigenvalue weighted by Crippen LogP contribution is -2.48. The Labute approximate surface area is 191 Å². The van der Waals surface area contributed by atoms with Gasteiger partial charge in [0.1, 0.15) is 5.82 Å². The molecule has 9 heteroatoms. The fourth-order valence-corrected chi connectivity index (χ4v) is 6.22. The minimum Gasteiger partial charge on any atom is -0.345 e. The highest BCUT2D eigenvalue weighted by Crippen LogP contribution is 2.32. The predicted molar refractivity (Wildman–Crippen MR) is 126 cm³/mol. The number of amides is 1. The van der Waals surface area contributed by atoms with Crippen molar-refractivity contribution < 1.29 is 17.6 Å². The highest BCUT2D eigenvalue weighted by molar-refractivity contribution is 7.91. The number of carbonyl (C=O) groups excluding carboxylic acids is 1. The third-order valence-corrected chi connectivity index (χ3v) is 8.85. The molecule has 1 amide bonds. The molecule has 2 heterocycles. The lowest BCUT2D eigenvalue weighted by atomic mass is 10.1. The fraction of sp³-hybridized carbons (Fsp3) is 0.391. The first kappa shape index (κ1) is 22.7. The largest absolute Gasteiger partial charge is 0.345 e. The zero-order valence-corrected chi connectivity index (χ0v) is 19.8. The summed E-state index contributed by atoms with van der Waals surface area (Å²) < 4.78 is 38.9. The van der Waals surface area contributed by atoms with Gasteiger partial charge in [-0.1, -0.05) is 17.4 Å². The Kier molecular flexibility index (Phi) is 6.48. The van der Waals surface area contributed by atoms with Gasteiger partial charge in [0.05, 0.1) is 20.9 Å². The molecule has 4 rings (SSSR count). The normalized spacial score (nSPS) is 14.8. The minimum absolute atomic E-state index is 0.0327. The quantitative estimate of drug-likeness (QED) is 0.505. The van der Waals surface area contributed by atoms with Gasteiger partial charge in [-0.25, -0.2) is 17.8 Å². The number of aryl methyl sites for hydroxylation is 2. The molecule has 1 saturated heterocycles. The van der Waals surface area contributed by atoms with E-state index in [-0.39, 0.29) is 29.4 Å². The second-order valence-electron chi connectivity index (χ2n) is 8.09. The Bertz CT molecular complexity index is 1230. The average molecular weight is 476 g/mol. The number of carbonyl (C=O) groups is 1. The molecule has 0 atom stereocenters. The summed E-state index contributed by atoms with van der Waals surface area (Å²) in [5.41, 5.74) is 3.48. The highest BCUT2D eigenvalue weighted by Gasteiger charge is 2.24. The number of halogens is 1. The van der Waals surface area contributed by atoms with Gasteiger partial charge >= 0.3 is 0 Å². The van der Waals surface area contributed by atoms with Crippen molar-refractivity contribution in [3.63, 3.8) is 0 Å². The summed E-state index contributed by atoms with van der Waals surface area (Å²) in [6, 6.07) is 9.01. The van der Waals surface area contributed by atoms with Crippen molar-refractivity contribution in [1.82, 2.24) is 9.88 Å². The number of sulfone groups is 1. The van der Waals surface area contributed by atoms with Crippen LogP contribution < -0.4 is 4.90 Å². The first-order valence-corrected chi connectivity index (χ1v) is 13.1. The molecule has 0 aliphatic carbocycles. The van der Waals surface area contributed by atoms with Gasteiger partial charge in [0, 0.05) is 32.6 Å². The summed E-state index contributed by atoms with van der Waals surface area (Å²) in [5, 5.41) is 0.978. The maximum Gasteiger partial charge on any atom is 0.222 e. The molecule has 0 bridgehead atoms. The predicted octanol–water partition coefficient (Wildman–Crippen LogP) is 3.95. The lowest BCUT2D eigenvalue weighted by molar-refractivity contribution is -0.131. The topological polar surface area (TPSA) is 70.6 Å². The molecular weight excluding hydrogens is 449 g/mol. The molecule has 1 fully saturated rings. The molecule has 2 aromatic carbocycles. The Hall–Kier alpha value is -2.52. The number of piperazine rings is 1. The van der Waals surface area contributed by atoms with Gasteiger partial charge in [0.2, 0.25) is 5.91 Å². The number of thiazole rings is 1. The molecule has 0 N–H and O–H groups in total. The molecule has 1 aromatic heterocycles. The first-order chi connectivity index (χ1) is 15.2. The van der Waals surface area contributed by atoms with Crippen LogP contribution in [0.15, 0.2) is 41.3 Å². The van der Waals surface area contributed by atoms with Crippen LogP contribution >= 0.6 is 11.3 Å². The molecule has 1 aliphatic rings. The zero-order valence-electron chi connectivity index (χ0n) is 18.2. The number of benzene rings is 2. The van der Waals surface area contributed by atoms with E-state index in [9.17, 15) is 17.6 Å². The van der Waals surface area contributed by atoms with Crippen LogP contribution in [-0.2, 0) is 14.6 Å². The second kappa shape index (κ2) is 9.15. The summed E-state index contributed by atoms with van der Waals surface area (Å²) in [6.45, 7) is 6.78. The number of anilines is 1. The summed E-state index contributed by atoms with van der Waals surface area (Å²) in [5.74, 6) is -0.640. The van der Waals surface area contributed by atoms with Crippen molar-refractivity contribution in [1.29, 1.82) is 0 Å². The van der Waals surface area contributed by atoms with Gasteiger partial charge < -0.3 is 9.80 Å². The van der Waals surface area contributed by atoms with Crippen LogP contribution in [0.2, 0.25) is 0 Å². The number of hydrogen-bond donors (Lipinski definition) is 0. The highest BCUT2D eigenvalue weighted by atomic mass is 32.2. The molecule has 0 radical (unpaired) electrons. The lowest BCUT2D eigenvalue weighted by Gasteiger charge is -2.34. The van der Waals surface area contributed by atoms with Crippen LogP contribution in [0, 0.1) is 19.7 Å². The molecule has 6 nitrogen and oxygen atoms in total. The Balaban J connectivity index is 1.29. The third-order valence-electron chi connectivity index (χ3n) is 5.95. The van der Waals surface area contributed by atoms with Crippen molar-refractivity contribution >= 4 is 42.4 Å². The molecule has 32 heavy (non-hydrogen) atoms. The van der Waals surface area contributed by atoms with Crippen molar-refractivity contribution in [2.24, 2.45) is 0 Å². The van der Waals surface area contributed by atoms with Gasteiger partial charge in [-0.3, -0.25) is 4.79 Å². The van der Waals surface area contributed by atoms with Gasteiger partial charge in [0.25, 0.3) is 0 Å². The number of fused-ring (bicyclic) bond motifs is 1. The monoisotopic (exact) mass is 475 g/mol. The Morgan fingerprint density at radius 1 is 1.06 bits per heavy atom. The molecule has 0 spiro atoms. The molecule has 0 saturated carbocycles. The van der Waals surface area contributed by atoms with Crippen molar-refractivity contribution in [2.45, 2.75) is 31.6 Å². The van der Waals surface area contributed by atoms with Gasteiger partial charge in [-0.2, -0.15) is 0 Å². The summed E-state index contributed by atoms with van der Waals surface area (Å²) in [6.07, 6.45) is 0.426. The van der Waals surface area contributed by atoms with Crippen LogP contribution in [0.5, 0.6) is 0 Å². The van der Waals surface area contributed by atoms with E-state index in [0.717, 1.165) is 22.8 Å². The number of nitrogens with zero attached hydrogens (tertiary/aromatic N) is 3. The van der Waals surface area contributed by atoms with E-state index in [1.54, 1.807) is 16.2 Å². The summed E-state index contributed by atoms with van der Waals surface area (Å²) in [4.78, 5) is 21.5. The molecule has 3 aromatic rings. The smallest absolute Gasteiger partial charge is 0.222 e. The average Bonchev–Trinajstić information content (AvgIpc) is 3.22. The minimum atomic E-state index is -3.52. The van der Waals surface area contributed by atoms with Crippen molar-refractivity contribution in [3.8, 4) is 0 Å². The molecule has 170 valence electrons. The van der Waals surface area contributed by atoms with Crippen LogP contribution in [0.3, 0.4) is 0 Å². The van der Waals surface area contributed by atoms with E-state index in [1.807, 2.05) is 0 Å². The van der Waals surface area contributed by atoms with E-state index in [4.69, 9.17) is 4.98 Å². The molecule has 1 aliphatic heterocycles. The van der Waals surface area contributed by atoms with E-state index < -0.39 is 15.7 Å². The van der Waals surface area contributed by atoms with Crippen LogP contribution in [0.25, 0.3) is 10.2 Å². The van der Waals surface area contributed by atoms with Crippen molar-refractivity contribution in [2.75, 3.05) is 36.8 Å². The fourth-order valence-electron chi connectivity index (χ4n) is 3.83. The van der Waals surface area contributed by atoms with Gasteiger partial charge in [0.15, 0.2) is 15.0 Å². The Morgan fingerprint density at radius 3 is 2.44 bits per heavy atom. The second-order valence-corrected chi connectivity index (χ2v) is 11.2. The number of rotatable bonds is 6. The van der Waals surface area contributed by atoms with Crippen molar-refractivity contribution in [3.05, 3.63) is 53.3 Å². The van der Waals surface area contributed by atoms with E-state index in [0.29, 0.717) is 26.2 Å². The Morgan fingerprint density at radius 2 is 1.75 bits per heavy atom. The maximum atomic E-state index is 13.0. The van der Waals surface area contributed by atoms with E-state index in [1.165, 1.54) is 28.0 Å². The van der Waals surface area contributed by atoms with E-state index >= 15 is 0 Å². The third kappa shape index (κ3) is 4.78. The van der Waals surface area contributed by atoms with Crippen LogP contribution in [0.1, 0.15) is 24.0 Å².